The number of para-hydroxylation sites is 2. The summed E-state index contributed by atoms with van der Waals surface area (Å²) >= 11 is 0. The van der Waals surface area contributed by atoms with E-state index in [9.17, 15) is 8.42 Å². The molecule has 0 N–H and O–H groups in total. The zero-order chi connectivity index (χ0) is 15.6. The Bertz CT molecular complexity index is 749. The molecule has 1 aliphatic rings. The molecule has 2 aromatic rings. The summed E-state index contributed by atoms with van der Waals surface area (Å²) in [5.41, 5.74) is 0.821. The second-order valence-electron chi connectivity index (χ2n) is 5.43. The molecule has 0 atom stereocenters. The molecule has 0 amide bonds. The third-order valence-electron chi connectivity index (χ3n) is 3.70. The second kappa shape index (κ2) is 6.00. The Balaban J connectivity index is 1.89. The number of hydrogen-bond donors (Lipinski definition) is 0. The number of aromatic nitrogens is 2. The first-order valence-electron chi connectivity index (χ1n) is 7.33. The van der Waals surface area contributed by atoms with Gasteiger partial charge in [0.1, 0.15) is 0 Å². The average Bonchev–Trinajstić information content (AvgIpc) is 2.96. The molecule has 22 heavy (non-hydrogen) atoms. The van der Waals surface area contributed by atoms with Crippen molar-refractivity contribution in [1.29, 1.82) is 0 Å². The van der Waals surface area contributed by atoms with Crippen LogP contribution in [0.1, 0.15) is 19.3 Å². The van der Waals surface area contributed by atoms with Crippen LogP contribution in [0.5, 0.6) is 5.75 Å². The Morgan fingerprint density at radius 3 is 2.55 bits per heavy atom. The van der Waals surface area contributed by atoms with Crippen LogP contribution in [0, 0.1) is 0 Å². The van der Waals surface area contributed by atoms with Crippen molar-refractivity contribution in [2.75, 3.05) is 18.0 Å². The largest absolute Gasteiger partial charge is 0.376 e. The fourth-order valence-electron chi connectivity index (χ4n) is 2.60. The van der Waals surface area contributed by atoms with Gasteiger partial charge in [-0.2, -0.15) is 8.42 Å². The highest BCUT2D eigenvalue weighted by Crippen LogP contribution is 2.32. The summed E-state index contributed by atoms with van der Waals surface area (Å²) < 4.78 is 31.6. The van der Waals surface area contributed by atoms with Gasteiger partial charge in [-0.25, -0.2) is 4.98 Å². The molecule has 6 nitrogen and oxygen atoms in total. The second-order valence-corrected chi connectivity index (χ2v) is 6.92. The molecule has 1 fully saturated rings. The quantitative estimate of drug-likeness (QED) is 0.808. The zero-order valence-electron chi connectivity index (χ0n) is 12.5. The van der Waals surface area contributed by atoms with Gasteiger partial charge in [0, 0.05) is 26.3 Å². The lowest BCUT2D eigenvalue weighted by atomic mass is 10.1. The molecule has 3 rings (SSSR count). The van der Waals surface area contributed by atoms with Crippen molar-refractivity contribution in [3.63, 3.8) is 0 Å². The Hall–Kier alpha value is -2.02. The van der Waals surface area contributed by atoms with Crippen molar-refractivity contribution < 1.29 is 12.6 Å². The van der Waals surface area contributed by atoms with Crippen molar-refractivity contribution in [2.45, 2.75) is 24.3 Å². The van der Waals surface area contributed by atoms with Crippen LogP contribution in [-0.2, 0) is 17.2 Å². The summed E-state index contributed by atoms with van der Waals surface area (Å²) in [6, 6.07) is 7.25. The Kier molecular flexibility index (Phi) is 4.06. The average molecular weight is 321 g/mol. The minimum Gasteiger partial charge on any atom is -0.376 e. The molecule has 0 radical (unpaired) electrons. The monoisotopic (exact) mass is 321 g/mol. The van der Waals surface area contributed by atoms with Crippen LogP contribution in [0.2, 0.25) is 0 Å². The summed E-state index contributed by atoms with van der Waals surface area (Å²) in [5, 5.41) is -0.0801. The predicted molar refractivity (Wildman–Crippen MR) is 83.5 cm³/mol. The van der Waals surface area contributed by atoms with Crippen molar-refractivity contribution in [2.24, 2.45) is 7.05 Å². The smallest absolute Gasteiger partial charge is 0.358 e. The maximum atomic E-state index is 12.3. The molecule has 7 heteroatoms. The lowest BCUT2D eigenvalue weighted by molar-refractivity contribution is 0.480. The van der Waals surface area contributed by atoms with Crippen molar-refractivity contribution in [3.8, 4) is 5.75 Å². The topological polar surface area (TPSA) is 64.4 Å². The molecule has 1 aliphatic heterocycles. The van der Waals surface area contributed by atoms with Crippen LogP contribution in [0.3, 0.4) is 0 Å². The number of rotatable bonds is 4. The minimum absolute atomic E-state index is 0.0801. The van der Waals surface area contributed by atoms with E-state index in [4.69, 9.17) is 4.18 Å². The van der Waals surface area contributed by atoms with Crippen molar-refractivity contribution in [1.82, 2.24) is 9.55 Å². The van der Waals surface area contributed by atoms with Crippen LogP contribution >= 0.6 is 0 Å². The van der Waals surface area contributed by atoms with E-state index in [2.05, 4.69) is 9.88 Å². The fraction of sp³-hybridized carbons (Fsp3) is 0.400. The third kappa shape index (κ3) is 3.09. The van der Waals surface area contributed by atoms with Crippen LogP contribution in [-0.4, -0.2) is 31.1 Å². The van der Waals surface area contributed by atoms with E-state index < -0.39 is 10.1 Å². The molecule has 1 aromatic heterocycles. The predicted octanol–water partition coefficient (Wildman–Crippen LogP) is 2.18. The molecule has 1 aromatic carbocycles. The Labute approximate surface area is 130 Å². The van der Waals surface area contributed by atoms with Crippen LogP contribution in [0.15, 0.2) is 41.8 Å². The highest BCUT2D eigenvalue weighted by molar-refractivity contribution is 7.87. The number of nitrogens with zero attached hydrogens (tertiary/aromatic N) is 3. The van der Waals surface area contributed by atoms with Gasteiger partial charge >= 0.3 is 10.1 Å². The molecule has 118 valence electrons. The van der Waals surface area contributed by atoms with Gasteiger partial charge in [0.05, 0.1) is 12.0 Å². The number of anilines is 1. The van der Waals surface area contributed by atoms with Gasteiger partial charge < -0.3 is 13.7 Å². The van der Waals surface area contributed by atoms with Crippen LogP contribution in [0.25, 0.3) is 0 Å². The van der Waals surface area contributed by atoms with Crippen molar-refractivity contribution in [3.05, 3.63) is 36.8 Å². The molecule has 0 bridgehead atoms. The number of hydrogen-bond acceptors (Lipinski definition) is 5. The van der Waals surface area contributed by atoms with Gasteiger partial charge in [-0.15, -0.1) is 0 Å². The van der Waals surface area contributed by atoms with E-state index in [0.29, 0.717) is 5.75 Å². The maximum Gasteiger partial charge on any atom is 0.358 e. The number of piperidine rings is 1. The number of imidazole rings is 1. The highest BCUT2D eigenvalue weighted by Gasteiger charge is 2.23. The molecular weight excluding hydrogens is 302 g/mol. The standard InChI is InChI=1S/C15H19N3O3S/c1-17-11-15(16-12-17)22(19,20)21-14-8-4-3-7-13(14)18-9-5-2-6-10-18/h3-4,7-8,11-12H,2,5-6,9-10H2,1H3. The van der Waals surface area contributed by atoms with Crippen LogP contribution in [0.4, 0.5) is 5.69 Å². The van der Waals surface area contributed by atoms with E-state index in [-0.39, 0.29) is 5.03 Å². The summed E-state index contributed by atoms with van der Waals surface area (Å²) in [6.45, 7) is 1.84. The SMILES string of the molecule is Cn1cnc(S(=O)(=O)Oc2ccccc2N2CCCCC2)c1. The van der Waals surface area contributed by atoms with E-state index in [1.165, 1.54) is 18.9 Å². The fourth-order valence-corrected chi connectivity index (χ4v) is 3.54. The van der Waals surface area contributed by atoms with Crippen LogP contribution < -0.4 is 9.08 Å². The summed E-state index contributed by atoms with van der Waals surface area (Å²) in [6.07, 6.45) is 6.31. The van der Waals surface area contributed by atoms with Gasteiger partial charge in [0.25, 0.3) is 0 Å². The van der Waals surface area contributed by atoms with Crippen molar-refractivity contribution >= 4 is 15.8 Å². The molecule has 1 saturated heterocycles. The first-order chi connectivity index (χ1) is 10.6. The van der Waals surface area contributed by atoms with Gasteiger partial charge in [-0.1, -0.05) is 12.1 Å². The van der Waals surface area contributed by atoms with Gasteiger partial charge in [0.15, 0.2) is 5.75 Å². The zero-order valence-corrected chi connectivity index (χ0v) is 13.3. The summed E-state index contributed by atoms with van der Waals surface area (Å²) in [4.78, 5) is 6.04. The van der Waals surface area contributed by atoms with E-state index >= 15 is 0 Å². The highest BCUT2D eigenvalue weighted by atomic mass is 32.2. The minimum atomic E-state index is -3.91. The Morgan fingerprint density at radius 2 is 1.86 bits per heavy atom. The number of benzene rings is 1. The molecule has 0 unspecified atom stereocenters. The molecule has 0 saturated carbocycles. The van der Waals surface area contributed by atoms with Gasteiger partial charge in [0.2, 0.25) is 5.03 Å². The summed E-state index contributed by atoms with van der Waals surface area (Å²) in [5.74, 6) is 0.357. The molecular formula is C15H19N3O3S. The van der Waals surface area contributed by atoms with Gasteiger partial charge in [-0.05, 0) is 31.4 Å². The molecule has 0 spiro atoms. The normalized spacial score (nSPS) is 15.8. The maximum absolute atomic E-state index is 12.3. The first kappa shape index (κ1) is 14.9. The molecule has 0 aliphatic carbocycles. The van der Waals surface area contributed by atoms with E-state index in [1.807, 2.05) is 12.1 Å². The first-order valence-corrected chi connectivity index (χ1v) is 8.73. The van der Waals surface area contributed by atoms with E-state index in [1.54, 1.807) is 23.7 Å². The number of aryl methyl sites for hydroxylation is 1. The lowest BCUT2D eigenvalue weighted by Crippen LogP contribution is -2.30. The lowest BCUT2D eigenvalue weighted by Gasteiger charge is -2.29. The summed E-state index contributed by atoms with van der Waals surface area (Å²) in [7, 11) is -2.20. The molecule has 2 heterocycles. The van der Waals surface area contributed by atoms with Gasteiger partial charge in [-0.3, -0.25) is 0 Å². The Morgan fingerprint density at radius 1 is 1.14 bits per heavy atom. The van der Waals surface area contributed by atoms with E-state index in [0.717, 1.165) is 31.6 Å². The third-order valence-corrected chi connectivity index (χ3v) is 4.82.